The molecule has 4 nitrogen and oxygen atoms in total. The Morgan fingerprint density at radius 1 is 1.18 bits per heavy atom. The number of hydrogen-bond donors (Lipinski definition) is 1. The Bertz CT molecular complexity index is 745. The number of nitriles is 1. The number of carbonyl (C=O) groups is 2. The number of benzene rings is 2. The second-order valence-electron chi connectivity index (χ2n) is 5.05. The van der Waals surface area contributed by atoms with Gasteiger partial charge in [-0.15, -0.1) is 0 Å². The van der Waals surface area contributed by atoms with E-state index >= 15 is 0 Å². The Kier molecular flexibility index (Phi) is 4.70. The van der Waals surface area contributed by atoms with E-state index < -0.39 is 11.9 Å². The first-order valence-electron chi connectivity index (χ1n) is 6.84. The van der Waals surface area contributed by atoms with E-state index in [-0.39, 0.29) is 17.8 Å². The Morgan fingerprint density at radius 3 is 2.41 bits per heavy atom. The van der Waals surface area contributed by atoms with E-state index in [1.54, 1.807) is 43.3 Å². The SMILES string of the molecule is Cc1cc(C(C#N)CC(=O)c2ccccc2)ccc1C(=O)O. The first kappa shape index (κ1) is 15.5. The van der Waals surface area contributed by atoms with Crippen molar-refractivity contribution in [1.82, 2.24) is 0 Å². The highest BCUT2D eigenvalue weighted by molar-refractivity contribution is 5.96. The van der Waals surface area contributed by atoms with Crippen LogP contribution in [0.25, 0.3) is 0 Å². The third-order valence-corrected chi connectivity index (χ3v) is 3.52. The van der Waals surface area contributed by atoms with Crippen molar-refractivity contribution in [3.8, 4) is 6.07 Å². The number of Topliss-reactive ketones (excluding diaryl/α,β-unsaturated/α-hetero) is 1. The lowest BCUT2D eigenvalue weighted by atomic mass is 9.91. The maximum atomic E-state index is 12.2. The zero-order chi connectivity index (χ0) is 16.1. The molecule has 4 heteroatoms. The van der Waals surface area contributed by atoms with Crippen molar-refractivity contribution >= 4 is 11.8 Å². The maximum Gasteiger partial charge on any atom is 0.335 e. The average molecular weight is 293 g/mol. The van der Waals surface area contributed by atoms with Crippen LogP contribution in [0, 0.1) is 18.3 Å². The summed E-state index contributed by atoms with van der Waals surface area (Å²) >= 11 is 0. The second-order valence-corrected chi connectivity index (χ2v) is 5.05. The normalized spacial score (nSPS) is 11.5. The summed E-state index contributed by atoms with van der Waals surface area (Å²) in [5.74, 6) is -1.70. The van der Waals surface area contributed by atoms with Crippen LogP contribution in [0.2, 0.25) is 0 Å². The van der Waals surface area contributed by atoms with Gasteiger partial charge in [-0.2, -0.15) is 5.26 Å². The molecule has 0 aliphatic carbocycles. The number of hydrogen-bond acceptors (Lipinski definition) is 3. The minimum atomic E-state index is -1.00. The molecule has 0 saturated heterocycles. The summed E-state index contributed by atoms with van der Waals surface area (Å²) in [6, 6.07) is 15.7. The van der Waals surface area contributed by atoms with E-state index in [9.17, 15) is 14.9 Å². The van der Waals surface area contributed by atoms with Gasteiger partial charge in [-0.3, -0.25) is 4.79 Å². The molecule has 1 unspecified atom stereocenters. The van der Waals surface area contributed by atoms with E-state index in [0.717, 1.165) is 0 Å². The lowest BCUT2D eigenvalue weighted by molar-refractivity contribution is 0.0695. The Hall–Kier alpha value is -2.93. The number of aryl methyl sites for hydroxylation is 1. The Morgan fingerprint density at radius 2 is 1.86 bits per heavy atom. The van der Waals surface area contributed by atoms with Gasteiger partial charge in [0.05, 0.1) is 17.6 Å². The van der Waals surface area contributed by atoms with Gasteiger partial charge in [-0.25, -0.2) is 4.79 Å². The van der Waals surface area contributed by atoms with Gasteiger partial charge in [0.15, 0.2) is 5.78 Å². The number of aromatic carboxylic acids is 1. The quantitative estimate of drug-likeness (QED) is 0.855. The monoisotopic (exact) mass is 293 g/mol. The van der Waals surface area contributed by atoms with E-state index in [0.29, 0.717) is 16.7 Å². The molecular weight excluding hydrogens is 278 g/mol. The summed E-state index contributed by atoms with van der Waals surface area (Å²) in [6.07, 6.45) is 0.0758. The number of ketones is 1. The molecule has 0 saturated carbocycles. The van der Waals surface area contributed by atoms with E-state index in [4.69, 9.17) is 5.11 Å². The van der Waals surface area contributed by atoms with Gasteiger partial charge in [0, 0.05) is 12.0 Å². The van der Waals surface area contributed by atoms with Crippen molar-refractivity contribution in [3.63, 3.8) is 0 Å². The number of carboxylic acid groups (broad SMARTS) is 1. The van der Waals surface area contributed by atoms with Crippen LogP contribution < -0.4 is 0 Å². The zero-order valence-corrected chi connectivity index (χ0v) is 12.1. The summed E-state index contributed by atoms with van der Waals surface area (Å²) < 4.78 is 0. The van der Waals surface area contributed by atoms with Crippen molar-refractivity contribution in [3.05, 3.63) is 70.8 Å². The van der Waals surface area contributed by atoms with Gasteiger partial charge in [0.2, 0.25) is 0 Å². The minimum absolute atomic E-state index is 0.0758. The highest BCUT2D eigenvalue weighted by atomic mass is 16.4. The van der Waals surface area contributed by atoms with Crippen LogP contribution in [0.5, 0.6) is 0 Å². The average Bonchev–Trinajstić information content (AvgIpc) is 2.52. The molecule has 1 N–H and O–H groups in total. The Balaban J connectivity index is 2.23. The van der Waals surface area contributed by atoms with Gasteiger partial charge in [-0.05, 0) is 24.1 Å². The van der Waals surface area contributed by atoms with Crippen LogP contribution in [-0.4, -0.2) is 16.9 Å². The van der Waals surface area contributed by atoms with Gasteiger partial charge in [0.25, 0.3) is 0 Å². The number of carbonyl (C=O) groups excluding carboxylic acids is 1. The van der Waals surface area contributed by atoms with Crippen molar-refractivity contribution in [2.45, 2.75) is 19.3 Å². The van der Waals surface area contributed by atoms with Gasteiger partial charge < -0.3 is 5.11 Å². The second kappa shape index (κ2) is 6.68. The topological polar surface area (TPSA) is 78.2 Å². The smallest absolute Gasteiger partial charge is 0.335 e. The molecule has 0 aromatic heterocycles. The molecule has 0 radical (unpaired) electrons. The molecule has 0 bridgehead atoms. The molecule has 0 amide bonds. The summed E-state index contributed by atoms with van der Waals surface area (Å²) in [4.78, 5) is 23.2. The predicted molar refractivity (Wildman–Crippen MR) is 81.9 cm³/mol. The van der Waals surface area contributed by atoms with Crippen molar-refractivity contribution < 1.29 is 14.7 Å². The van der Waals surface area contributed by atoms with E-state index in [2.05, 4.69) is 6.07 Å². The molecular formula is C18H15NO3. The predicted octanol–water partition coefficient (Wildman–Crippen LogP) is 3.57. The fraction of sp³-hybridized carbons (Fsp3) is 0.167. The zero-order valence-electron chi connectivity index (χ0n) is 12.1. The number of nitrogens with zero attached hydrogens (tertiary/aromatic N) is 1. The lowest BCUT2D eigenvalue weighted by Crippen LogP contribution is -2.08. The molecule has 0 aliphatic rings. The number of rotatable bonds is 5. The molecule has 0 aliphatic heterocycles. The highest BCUT2D eigenvalue weighted by Crippen LogP contribution is 2.23. The first-order valence-corrected chi connectivity index (χ1v) is 6.84. The van der Waals surface area contributed by atoms with Crippen LogP contribution >= 0.6 is 0 Å². The highest BCUT2D eigenvalue weighted by Gasteiger charge is 2.18. The molecule has 0 fully saturated rings. The number of carboxylic acids is 1. The lowest BCUT2D eigenvalue weighted by Gasteiger charge is -2.11. The Labute approximate surface area is 128 Å². The largest absolute Gasteiger partial charge is 0.478 e. The first-order chi connectivity index (χ1) is 10.5. The summed E-state index contributed by atoms with van der Waals surface area (Å²) in [7, 11) is 0. The fourth-order valence-electron chi connectivity index (χ4n) is 2.31. The molecule has 0 heterocycles. The molecule has 2 aromatic rings. The van der Waals surface area contributed by atoms with Crippen LogP contribution in [0.4, 0.5) is 0 Å². The summed E-state index contributed by atoms with van der Waals surface area (Å²) in [5, 5.41) is 18.4. The fourth-order valence-corrected chi connectivity index (χ4v) is 2.31. The van der Waals surface area contributed by atoms with Crippen LogP contribution in [0.1, 0.15) is 44.2 Å². The molecule has 2 rings (SSSR count). The van der Waals surface area contributed by atoms with E-state index in [1.807, 2.05) is 6.07 Å². The van der Waals surface area contributed by atoms with Crippen molar-refractivity contribution in [2.24, 2.45) is 0 Å². The summed E-state index contributed by atoms with van der Waals surface area (Å²) in [6.45, 7) is 1.68. The third-order valence-electron chi connectivity index (χ3n) is 3.52. The maximum absolute atomic E-state index is 12.2. The third kappa shape index (κ3) is 3.39. The van der Waals surface area contributed by atoms with Crippen molar-refractivity contribution in [2.75, 3.05) is 0 Å². The van der Waals surface area contributed by atoms with Crippen LogP contribution in [-0.2, 0) is 0 Å². The summed E-state index contributed by atoms with van der Waals surface area (Å²) in [5.41, 5.74) is 2.02. The molecule has 22 heavy (non-hydrogen) atoms. The van der Waals surface area contributed by atoms with Gasteiger partial charge in [-0.1, -0.05) is 42.5 Å². The molecule has 2 aromatic carbocycles. The molecule has 0 spiro atoms. The minimum Gasteiger partial charge on any atom is -0.478 e. The molecule has 1 atom stereocenters. The van der Waals surface area contributed by atoms with E-state index in [1.165, 1.54) is 6.07 Å². The van der Waals surface area contributed by atoms with Crippen molar-refractivity contribution in [1.29, 1.82) is 5.26 Å². The molecule has 110 valence electrons. The van der Waals surface area contributed by atoms with Crippen LogP contribution in [0.3, 0.4) is 0 Å². The van der Waals surface area contributed by atoms with Gasteiger partial charge >= 0.3 is 5.97 Å². The standard InChI is InChI=1S/C18H15NO3/c1-12-9-14(7-8-16(12)18(21)22)15(11-19)10-17(20)13-5-3-2-4-6-13/h2-9,15H,10H2,1H3,(H,21,22). The van der Waals surface area contributed by atoms with Crippen LogP contribution in [0.15, 0.2) is 48.5 Å². The van der Waals surface area contributed by atoms with Gasteiger partial charge in [0.1, 0.15) is 0 Å².